The predicted molar refractivity (Wildman–Crippen MR) is 52.9 cm³/mol. The van der Waals surface area contributed by atoms with Crippen molar-refractivity contribution in [3.63, 3.8) is 0 Å². The second kappa shape index (κ2) is 4.59. The van der Waals surface area contributed by atoms with Gasteiger partial charge in [-0.25, -0.2) is 12.7 Å². The molecular weight excluding hydrogens is 218 g/mol. The Morgan fingerprint density at radius 2 is 2.27 bits per heavy atom. The molecule has 84 valence electrons. The van der Waals surface area contributed by atoms with Crippen LogP contribution in [0.3, 0.4) is 0 Å². The number of nitriles is 1. The summed E-state index contributed by atoms with van der Waals surface area (Å²) in [7, 11) is -3.54. The number of piperidine rings is 1. The van der Waals surface area contributed by atoms with Gasteiger partial charge in [0.05, 0.1) is 12.0 Å². The lowest BCUT2D eigenvalue weighted by molar-refractivity contribution is -0.122. The summed E-state index contributed by atoms with van der Waals surface area (Å²) in [4.78, 5) is 10.9. The van der Waals surface area contributed by atoms with E-state index in [1.165, 1.54) is 4.31 Å². The minimum Gasteiger partial charge on any atom is -0.369 e. The van der Waals surface area contributed by atoms with Crippen molar-refractivity contribution < 1.29 is 13.2 Å². The summed E-state index contributed by atoms with van der Waals surface area (Å²) in [5, 5.41) is 8.36. The van der Waals surface area contributed by atoms with Crippen molar-refractivity contribution in [2.24, 2.45) is 11.7 Å². The lowest BCUT2D eigenvalue weighted by atomic mass is 9.99. The molecule has 0 bridgehead atoms. The number of nitrogens with zero attached hydrogens (tertiary/aromatic N) is 2. The maximum Gasteiger partial charge on any atom is 0.227 e. The molecule has 7 heteroatoms. The van der Waals surface area contributed by atoms with Crippen LogP contribution in [0.1, 0.15) is 12.8 Å². The van der Waals surface area contributed by atoms with E-state index in [0.29, 0.717) is 19.4 Å². The van der Waals surface area contributed by atoms with Crippen molar-refractivity contribution in [1.29, 1.82) is 5.26 Å². The van der Waals surface area contributed by atoms with Crippen LogP contribution in [0.4, 0.5) is 0 Å². The first-order valence-electron chi connectivity index (χ1n) is 4.61. The average molecular weight is 231 g/mol. The van der Waals surface area contributed by atoms with Gasteiger partial charge < -0.3 is 5.73 Å². The van der Waals surface area contributed by atoms with Crippen LogP contribution < -0.4 is 5.73 Å². The van der Waals surface area contributed by atoms with Crippen LogP contribution in [0.15, 0.2) is 0 Å². The minimum absolute atomic E-state index is 0.110. The van der Waals surface area contributed by atoms with Crippen molar-refractivity contribution in [3.05, 3.63) is 0 Å². The number of hydrogen-bond acceptors (Lipinski definition) is 4. The smallest absolute Gasteiger partial charge is 0.227 e. The molecule has 1 fully saturated rings. The average Bonchev–Trinajstić information content (AvgIpc) is 2.18. The van der Waals surface area contributed by atoms with E-state index in [1.807, 2.05) is 0 Å². The Hall–Kier alpha value is -1.13. The highest BCUT2D eigenvalue weighted by Gasteiger charge is 2.30. The molecule has 0 spiro atoms. The molecule has 0 radical (unpaired) electrons. The number of carbonyl (C=O) groups excluding carboxylic acids is 1. The van der Waals surface area contributed by atoms with Crippen LogP contribution in [0.5, 0.6) is 0 Å². The van der Waals surface area contributed by atoms with Crippen LogP contribution in [0, 0.1) is 17.2 Å². The maximum atomic E-state index is 11.5. The molecular formula is C8H13N3O3S. The van der Waals surface area contributed by atoms with Gasteiger partial charge in [-0.1, -0.05) is 0 Å². The normalized spacial score (nSPS) is 23.3. The molecule has 0 aromatic carbocycles. The van der Waals surface area contributed by atoms with E-state index >= 15 is 0 Å². The molecule has 1 aliphatic heterocycles. The summed E-state index contributed by atoms with van der Waals surface area (Å²) >= 11 is 0. The van der Waals surface area contributed by atoms with Gasteiger partial charge >= 0.3 is 0 Å². The third kappa shape index (κ3) is 2.91. The van der Waals surface area contributed by atoms with E-state index in [9.17, 15) is 13.2 Å². The highest BCUT2D eigenvalue weighted by Crippen LogP contribution is 2.18. The Bertz CT molecular complexity index is 384. The second-order valence-electron chi connectivity index (χ2n) is 3.51. The van der Waals surface area contributed by atoms with Crippen LogP contribution in [-0.4, -0.2) is 37.5 Å². The summed E-state index contributed by atoms with van der Waals surface area (Å²) in [6.45, 7) is 0.479. The van der Waals surface area contributed by atoms with E-state index in [4.69, 9.17) is 11.0 Å². The molecule has 2 N–H and O–H groups in total. The Morgan fingerprint density at radius 1 is 1.60 bits per heavy atom. The zero-order valence-corrected chi connectivity index (χ0v) is 9.03. The van der Waals surface area contributed by atoms with Crippen molar-refractivity contribution in [2.45, 2.75) is 12.8 Å². The molecule has 1 atom stereocenters. The SMILES string of the molecule is N#CCS(=O)(=O)N1CCCC(C(N)=O)C1. The number of rotatable bonds is 3. The minimum atomic E-state index is -3.54. The molecule has 1 rings (SSSR count). The third-order valence-electron chi connectivity index (χ3n) is 2.43. The van der Waals surface area contributed by atoms with Gasteiger partial charge in [-0.05, 0) is 12.8 Å². The summed E-state index contributed by atoms with van der Waals surface area (Å²) in [5.41, 5.74) is 5.12. The van der Waals surface area contributed by atoms with Gasteiger partial charge in [0.2, 0.25) is 15.9 Å². The van der Waals surface area contributed by atoms with Gasteiger partial charge in [-0.2, -0.15) is 5.26 Å². The monoisotopic (exact) mass is 231 g/mol. The first kappa shape index (κ1) is 11.9. The number of primary amides is 1. The fourth-order valence-corrected chi connectivity index (χ4v) is 2.76. The molecule has 1 saturated heterocycles. The highest BCUT2D eigenvalue weighted by atomic mass is 32.2. The number of hydrogen-bond donors (Lipinski definition) is 1. The summed E-state index contributed by atoms with van der Waals surface area (Å²) < 4.78 is 24.2. The maximum absolute atomic E-state index is 11.5. The Kier molecular flexibility index (Phi) is 3.66. The first-order valence-corrected chi connectivity index (χ1v) is 6.22. The zero-order chi connectivity index (χ0) is 11.5. The molecule has 1 unspecified atom stereocenters. The number of amides is 1. The fraction of sp³-hybridized carbons (Fsp3) is 0.750. The molecule has 1 heterocycles. The Morgan fingerprint density at radius 3 is 2.80 bits per heavy atom. The van der Waals surface area contributed by atoms with Gasteiger partial charge in [0.15, 0.2) is 5.75 Å². The Labute approximate surface area is 88.7 Å². The lowest BCUT2D eigenvalue weighted by Gasteiger charge is -2.29. The van der Waals surface area contributed by atoms with Crippen LogP contribution in [0.25, 0.3) is 0 Å². The first-order chi connectivity index (χ1) is 6.97. The van der Waals surface area contributed by atoms with Crippen LogP contribution >= 0.6 is 0 Å². The van der Waals surface area contributed by atoms with Gasteiger partial charge in [0.1, 0.15) is 0 Å². The largest absolute Gasteiger partial charge is 0.369 e. The number of carbonyl (C=O) groups is 1. The highest BCUT2D eigenvalue weighted by molar-refractivity contribution is 7.89. The van der Waals surface area contributed by atoms with Gasteiger partial charge in [-0.3, -0.25) is 4.79 Å². The quantitative estimate of drug-likeness (QED) is 0.675. The van der Waals surface area contributed by atoms with Gasteiger partial charge in [0.25, 0.3) is 0 Å². The van der Waals surface area contributed by atoms with Crippen molar-refractivity contribution in [3.8, 4) is 6.07 Å². The standard InChI is InChI=1S/C8H13N3O3S/c9-3-5-15(13,14)11-4-1-2-7(6-11)8(10)12/h7H,1-2,4-6H2,(H2,10,12). The fourth-order valence-electron chi connectivity index (χ4n) is 1.60. The molecule has 0 saturated carbocycles. The molecule has 1 aliphatic rings. The predicted octanol–water partition coefficient (Wildman–Crippen LogP) is -0.963. The van der Waals surface area contributed by atoms with E-state index in [2.05, 4.69) is 0 Å². The molecule has 0 aromatic heterocycles. The van der Waals surface area contributed by atoms with Gasteiger partial charge in [0, 0.05) is 13.1 Å². The molecule has 15 heavy (non-hydrogen) atoms. The van der Waals surface area contributed by atoms with E-state index < -0.39 is 27.6 Å². The van der Waals surface area contributed by atoms with Crippen molar-refractivity contribution in [2.75, 3.05) is 18.8 Å². The number of nitrogens with two attached hydrogens (primary N) is 1. The Balaban J connectivity index is 2.73. The van der Waals surface area contributed by atoms with Crippen molar-refractivity contribution >= 4 is 15.9 Å². The van der Waals surface area contributed by atoms with Crippen molar-refractivity contribution in [1.82, 2.24) is 4.31 Å². The second-order valence-corrected chi connectivity index (χ2v) is 5.48. The summed E-state index contributed by atoms with van der Waals surface area (Å²) in [6, 6.07) is 1.60. The molecule has 0 aliphatic carbocycles. The molecule has 1 amide bonds. The van der Waals surface area contributed by atoms with Crippen LogP contribution in [0.2, 0.25) is 0 Å². The number of sulfonamides is 1. The zero-order valence-electron chi connectivity index (χ0n) is 8.22. The third-order valence-corrected chi connectivity index (χ3v) is 4.04. The summed E-state index contributed by atoms with van der Waals surface area (Å²) in [6.07, 6.45) is 1.23. The molecule has 6 nitrogen and oxygen atoms in total. The van der Waals surface area contributed by atoms with E-state index in [1.54, 1.807) is 6.07 Å². The van der Waals surface area contributed by atoms with Gasteiger partial charge in [-0.15, -0.1) is 0 Å². The molecule has 0 aromatic rings. The van der Waals surface area contributed by atoms with E-state index in [0.717, 1.165) is 0 Å². The lowest BCUT2D eigenvalue weighted by Crippen LogP contribution is -2.44. The van der Waals surface area contributed by atoms with E-state index in [-0.39, 0.29) is 6.54 Å². The topological polar surface area (TPSA) is 104 Å². The summed E-state index contributed by atoms with van der Waals surface area (Å²) in [5.74, 6) is -1.45. The van der Waals surface area contributed by atoms with Crippen LogP contribution in [-0.2, 0) is 14.8 Å².